The normalized spacial score (nSPS) is 10.5. The summed E-state index contributed by atoms with van der Waals surface area (Å²) in [7, 11) is 3.19. The molecule has 1 aromatic heterocycles. The average molecular weight is 377 g/mol. The van der Waals surface area contributed by atoms with Crippen LogP contribution in [0.1, 0.15) is 19.3 Å². The van der Waals surface area contributed by atoms with Gasteiger partial charge in [0, 0.05) is 43.6 Å². The van der Waals surface area contributed by atoms with Gasteiger partial charge in [-0.05, 0) is 37.1 Å². The summed E-state index contributed by atoms with van der Waals surface area (Å²) in [6, 6.07) is 7.47. The number of hydrogen-bond donors (Lipinski definition) is 0. The number of ether oxygens (including phenoxy) is 2. The zero-order valence-corrected chi connectivity index (χ0v) is 15.6. The van der Waals surface area contributed by atoms with E-state index in [-0.39, 0.29) is 18.7 Å². The lowest BCUT2D eigenvalue weighted by Crippen LogP contribution is -2.34. The van der Waals surface area contributed by atoms with Crippen LogP contribution >= 0.6 is 11.3 Å². The van der Waals surface area contributed by atoms with Gasteiger partial charge in [-0.15, -0.1) is 11.3 Å². The monoisotopic (exact) mass is 377 g/mol. The minimum absolute atomic E-state index is 0.118. The number of anilines is 1. The average Bonchev–Trinajstić information content (AvgIpc) is 3.13. The van der Waals surface area contributed by atoms with Crippen molar-refractivity contribution in [2.45, 2.75) is 19.3 Å². The Hall–Kier alpha value is -2.45. The molecule has 0 saturated heterocycles. The topological polar surface area (TPSA) is 91.8 Å². The van der Waals surface area contributed by atoms with Crippen LogP contribution in [-0.4, -0.2) is 44.2 Å². The Balaban J connectivity index is 2.16. The molecule has 0 spiro atoms. The van der Waals surface area contributed by atoms with Gasteiger partial charge in [-0.25, -0.2) is 4.98 Å². The molecular formula is C18H21N2O5S-. The Morgan fingerprint density at radius 1 is 1.19 bits per heavy atom. The number of aliphatic carboxylic acids is 1. The van der Waals surface area contributed by atoms with Crippen LogP contribution in [0, 0.1) is 0 Å². The number of amides is 1. The molecule has 0 bridgehead atoms. The Bertz CT molecular complexity index is 729. The molecule has 1 amide bonds. The van der Waals surface area contributed by atoms with Crippen LogP contribution in [0.15, 0.2) is 29.6 Å². The van der Waals surface area contributed by atoms with Crippen molar-refractivity contribution >= 4 is 28.3 Å². The number of methoxy groups -OCH3 is 2. The van der Waals surface area contributed by atoms with Crippen molar-refractivity contribution in [3.05, 3.63) is 29.6 Å². The minimum atomic E-state index is -1.24. The maximum absolute atomic E-state index is 12.4. The van der Waals surface area contributed by atoms with Crippen LogP contribution in [0.4, 0.5) is 5.13 Å². The highest BCUT2D eigenvalue weighted by atomic mass is 32.1. The molecule has 0 fully saturated rings. The summed E-state index contributed by atoms with van der Waals surface area (Å²) < 4.78 is 10.2. The summed E-state index contributed by atoms with van der Waals surface area (Å²) in [5.74, 6) is -0.781. The lowest BCUT2D eigenvalue weighted by atomic mass is 10.2. The second-order valence-electron chi connectivity index (χ2n) is 5.51. The first-order chi connectivity index (χ1) is 12.5. The largest absolute Gasteiger partial charge is 0.550 e. The van der Waals surface area contributed by atoms with E-state index >= 15 is 0 Å². The first-order valence-corrected chi connectivity index (χ1v) is 9.02. The first-order valence-electron chi connectivity index (χ1n) is 8.14. The predicted octanol–water partition coefficient (Wildman–Crippen LogP) is 1.72. The van der Waals surface area contributed by atoms with Gasteiger partial charge < -0.3 is 19.4 Å². The first kappa shape index (κ1) is 19.9. The fourth-order valence-electron chi connectivity index (χ4n) is 2.32. The Labute approximate surface area is 156 Å². The second kappa shape index (κ2) is 9.88. The van der Waals surface area contributed by atoms with Crippen molar-refractivity contribution in [1.29, 1.82) is 0 Å². The van der Waals surface area contributed by atoms with Gasteiger partial charge in [-0.3, -0.25) is 9.69 Å². The molecule has 7 nitrogen and oxygen atoms in total. The van der Waals surface area contributed by atoms with Gasteiger partial charge >= 0.3 is 0 Å². The third-order valence-electron chi connectivity index (χ3n) is 3.68. The number of thiazole rings is 1. The number of carbonyl (C=O) groups excluding carboxylic acids is 2. The van der Waals surface area contributed by atoms with E-state index in [0.29, 0.717) is 24.7 Å². The minimum Gasteiger partial charge on any atom is -0.550 e. The van der Waals surface area contributed by atoms with E-state index in [1.54, 1.807) is 14.2 Å². The van der Waals surface area contributed by atoms with Crippen LogP contribution in [0.25, 0.3) is 11.3 Å². The van der Waals surface area contributed by atoms with Crippen molar-refractivity contribution in [3.8, 4) is 17.0 Å². The fourth-order valence-corrected chi connectivity index (χ4v) is 3.20. The van der Waals surface area contributed by atoms with E-state index in [1.165, 1.54) is 16.2 Å². The van der Waals surface area contributed by atoms with Crippen molar-refractivity contribution < 1.29 is 24.2 Å². The van der Waals surface area contributed by atoms with E-state index < -0.39 is 5.97 Å². The van der Waals surface area contributed by atoms with Gasteiger partial charge in [-0.1, -0.05) is 0 Å². The van der Waals surface area contributed by atoms with Crippen molar-refractivity contribution in [3.63, 3.8) is 0 Å². The van der Waals surface area contributed by atoms with Crippen molar-refractivity contribution in [1.82, 2.24) is 4.98 Å². The standard InChI is InChI=1S/C18H22N2O5S/c1-24-11-3-10-20(16(21)8-9-17(22)23)18-19-15(12-26-18)13-4-6-14(25-2)7-5-13/h4-7,12H,3,8-11H2,1-2H3,(H,22,23)/p-1. The second-order valence-corrected chi connectivity index (χ2v) is 6.34. The number of nitrogens with zero attached hydrogens (tertiary/aromatic N) is 2. The Morgan fingerprint density at radius 2 is 1.92 bits per heavy atom. The molecule has 26 heavy (non-hydrogen) atoms. The molecule has 0 N–H and O–H groups in total. The molecule has 0 aliphatic rings. The molecule has 2 rings (SSSR count). The summed E-state index contributed by atoms with van der Waals surface area (Å²) in [6.07, 6.45) is 0.202. The summed E-state index contributed by atoms with van der Waals surface area (Å²) in [6.45, 7) is 0.913. The molecule has 140 valence electrons. The lowest BCUT2D eigenvalue weighted by molar-refractivity contribution is -0.305. The number of benzene rings is 1. The van der Waals surface area contributed by atoms with Gasteiger partial charge in [0.15, 0.2) is 5.13 Å². The van der Waals surface area contributed by atoms with Crippen LogP contribution in [0.3, 0.4) is 0 Å². The van der Waals surface area contributed by atoms with E-state index in [2.05, 4.69) is 4.98 Å². The third kappa shape index (κ3) is 5.53. The lowest BCUT2D eigenvalue weighted by Gasteiger charge is -2.20. The zero-order chi connectivity index (χ0) is 18.9. The maximum atomic E-state index is 12.4. The molecule has 0 aliphatic heterocycles. The quantitative estimate of drug-likeness (QED) is 0.586. The molecule has 2 aromatic rings. The summed E-state index contributed by atoms with van der Waals surface area (Å²) in [5.41, 5.74) is 1.66. The van der Waals surface area contributed by atoms with Gasteiger partial charge in [0.2, 0.25) is 5.91 Å². The number of carbonyl (C=O) groups is 2. The van der Waals surface area contributed by atoms with E-state index in [0.717, 1.165) is 17.0 Å². The third-order valence-corrected chi connectivity index (χ3v) is 4.55. The van der Waals surface area contributed by atoms with Gasteiger partial charge in [0.05, 0.1) is 12.8 Å². The molecular weight excluding hydrogens is 356 g/mol. The molecule has 0 aliphatic carbocycles. The van der Waals surface area contributed by atoms with Crippen molar-refractivity contribution in [2.24, 2.45) is 0 Å². The molecule has 0 saturated carbocycles. The molecule has 1 aromatic carbocycles. The van der Waals surface area contributed by atoms with E-state index in [4.69, 9.17) is 9.47 Å². The molecule has 1 heterocycles. The number of hydrogen-bond acceptors (Lipinski definition) is 7. The zero-order valence-electron chi connectivity index (χ0n) is 14.8. The van der Waals surface area contributed by atoms with Crippen LogP contribution < -0.4 is 14.7 Å². The molecule has 0 unspecified atom stereocenters. The maximum Gasteiger partial charge on any atom is 0.229 e. The number of carboxylic acids is 1. The molecule has 0 atom stereocenters. The Kier molecular flexibility index (Phi) is 7.55. The molecule has 0 radical (unpaired) electrons. The van der Waals surface area contributed by atoms with Crippen molar-refractivity contribution in [2.75, 3.05) is 32.3 Å². The number of rotatable bonds is 10. The molecule has 8 heteroatoms. The highest BCUT2D eigenvalue weighted by Gasteiger charge is 2.19. The highest BCUT2D eigenvalue weighted by molar-refractivity contribution is 7.14. The smallest absolute Gasteiger partial charge is 0.229 e. The van der Waals surface area contributed by atoms with E-state index in [1.807, 2.05) is 29.6 Å². The number of aromatic nitrogens is 1. The van der Waals surface area contributed by atoms with Crippen LogP contribution in [-0.2, 0) is 14.3 Å². The number of carboxylic acid groups (broad SMARTS) is 1. The highest BCUT2D eigenvalue weighted by Crippen LogP contribution is 2.29. The SMILES string of the molecule is COCCCN(C(=O)CCC(=O)[O-])c1nc(-c2ccc(OC)cc2)cs1. The summed E-state index contributed by atoms with van der Waals surface area (Å²) in [5, 5.41) is 13.0. The van der Waals surface area contributed by atoms with Gasteiger partial charge in [0.1, 0.15) is 5.75 Å². The van der Waals surface area contributed by atoms with Gasteiger partial charge in [0.25, 0.3) is 0 Å². The summed E-state index contributed by atoms with van der Waals surface area (Å²) in [4.78, 5) is 29.1. The van der Waals surface area contributed by atoms with Crippen LogP contribution in [0.5, 0.6) is 5.75 Å². The van der Waals surface area contributed by atoms with Crippen LogP contribution in [0.2, 0.25) is 0 Å². The predicted molar refractivity (Wildman–Crippen MR) is 97.2 cm³/mol. The van der Waals surface area contributed by atoms with Gasteiger partial charge in [-0.2, -0.15) is 0 Å². The Morgan fingerprint density at radius 3 is 2.54 bits per heavy atom. The fraction of sp³-hybridized carbons (Fsp3) is 0.389. The van der Waals surface area contributed by atoms with E-state index in [9.17, 15) is 14.7 Å². The summed E-state index contributed by atoms with van der Waals surface area (Å²) >= 11 is 1.34.